The first kappa shape index (κ1) is 18.9. The Bertz CT molecular complexity index is 887. The van der Waals surface area contributed by atoms with Crippen molar-refractivity contribution in [1.82, 2.24) is 0 Å². The zero-order valence-electron chi connectivity index (χ0n) is 14.6. The predicted molar refractivity (Wildman–Crippen MR) is 97.9 cm³/mol. The lowest BCUT2D eigenvalue weighted by Crippen LogP contribution is -2.38. The van der Waals surface area contributed by atoms with Crippen LogP contribution in [-0.4, -0.2) is 27.1 Å². The fraction of sp³-hybridized carbons (Fsp3) is 0.278. The third kappa shape index (κ3) is 4.57. The smallest absolute Gasteiger partial charge is 0.245 e. The van der Waals surface area contributed by atoms with Crippen molar-refractivity contribution in [2.75, 3.05) is 22.4 Å². The molecule has 1 amide bonds. The standard InChI is InChI=1S/C18H21FN2O3S/c1-12-9-13(2)18(14(3)10-12)20-17(22)11-21(25(4,23)24)16-8-6-5-7-15(16)19/h5-10H,11H2,1-4H3,(H,20,22). The molecule has 2 aromatic rings. The second kappa shape index (κ2) is 7.23. The Morgan fingerprint density at radius 1 is 1.12 bits per heavy atom. The van der Waals surface area contributed by atoms with Crippen molar-refractivity contribution in [3.8, 4) is 0 Å². The predicted octanol–water partition coefficient (Wildman–Crippen LogP) is 3.16. The van der Waals surface area contributed by atoms with E-state index >= 15 is 0 Å². The minimum atomic E-state index is -3.82. The summed E-state index contributed by atoms with van der Waals surface area (Å²) in [6, 6.07) is 9.30. The minimum absolute atomic E-state index is 0.155. The van der Waals surface area contributed by atoms with Crippen molar-refractivity contribution in [2.24, 2.45) is 0 Å². The van der Waals surface area contributed by atoms with Gasteiger partial charge in [0.25, 0.3) is 0 Å². The van der Waals surface area contributed by atoms with Crippen LogP contribution in [0.5, 0.6) is 0 Å². The summed E-state index contributed by atoms with van der Waals surface area (Å²) in [7, 11) is -3.82. The van der Waals surface area contributed by atoms with Gasteiger partial charge >= 0.3 is 0 Å². The molecule has 0 radical (unpaired) electrons. The molecule has 25 heavy (non-hydrogen) atoms. The lowest BCUT2D eigenvalue weighted by molar-refractivity contribution is -0.114. The fourth-order valence-electron chi connectivity index (χ4n) is 2.72. The lowest BCUT2D eigenvalue weighted by Gasteiger charge is -2.23. The molecule has 0 unspecified atom stereocenters. The molecule has 2 rings (SSSR count). The molecule has 7 heteroatoms. The number of para-hydroxylation sites is 1. The average molecular weight is 364 g/mol. The van der Waals surface area contributed by atoms with E-state index in [1.54, 1.807) is 0 Å². The molecule has 0 spiro atoms. The van der Waals surface area contributed by atoms with Crippen LogP contribution >= 0.6 is 0 Å². The van der Waals surface area contributed by atoms with E-state index in [4.69, 9.17) is 0 Å². The number of carbonyl (C=O) groups is 1. The van der Waals surface area contributed by atoms with E-state index in [9.17, 15) is 17.6 Å². The number of hydrogen-bond donors (Lipinski definition) is 1. The Kier molecular flexibility index (Phi) is 5.47. The van der Waals surface area contributed by atoms with E-state index in [2.05, 4.69) is 5.32 Å². The number of hydrogen-bond acceptors (Lipinski definition) is 3. The van der Waals surface area contributed by atoms with Crippen molar-refractivity contribution in [1.29, 1.82) is 0 Å². The van der Waals surface area contributed by atoms with Crippen LogP contribution in [0.1, 0.15) is 16.7 Å². The molecule has 0 saturated carbocycles. The van der Waals surface area contributed by atoms with Gasteiger partial charge in [-0.15, -0.1) is 0 Å². The first-order chi connectivity index (χ1) is 11.6. The Balaban J connectivity index is 2.29. The summed E-state index contributed by atoms with van der Waals surface area (Å²) in [5.74, 6) is -1.24. The fourth-order valence-corrected chi connectivity index (χ4v) is 3.58. The number of amides is 1. The molecule has 5 nitrogen and oxygen atoms in total. The normalized spacial score (nSPS) is 11.2. The van der Waals surface area contributed by atoms with Crippen molar-refractivity contribution in [2.45, 2.75) is 20.8 Å². The number of anilines is 2. The lowest BCUT2D eigenvalue weighted by atomic mass is 10.1. The SMILES string of the molecule is Cc1cc(C)c(NC(=O)CN(c2ccccc2F)S(C)(=O)=O)c(C)c1. The summed E-state index contributed by atoms with van der Waals surface area (Å²) < 4.78 is 38.8. The number of carbonyl (C=O) groups excluding carboxylic acids is 1. The largest absolute Gasteiger partial charge is 0.324 e. The van der Waals surface area contributed by atoms with Gasteiger partial charge in [-0.25, -0.2) is 12.8 Å². The summed E-state index contributed by atoms with van der Waals surface area (Å²) in [6.45, 7) is 5.17. The Labute approximate surface area is 147 Å². The Morgan fingerprint density at radius 3 is 2.20 bits per heavy atom. The molecule has 0 bridgehead atoms. The molecule has 0 atom stereocenters. The van der Waals surface area contributed by atoms with Gasteiger partial charge in [0.1, 0.15) is 12.4 Å². The van der Waals surface area contributed by atoms with E-state index in [1.165, 1.54) is 18.2 Å². The second-order valence-electron chi connectivity index (χ2n) is 6.04. The maximum absolute atomic E-state index is 14.0. The van der Waals surface area contributed by atoms with Crippen LogP contribution in [0.4, 0.5) is 15.8 Å². The van der Waals surface area contributed by atoms with Gasteiger partial charge in [-0.1, -0.05) is 29.8 Å². The third-order valence-corrected chi connectivity index (χ3v) is 4.88. The van der Waals surface area contributed by atoms with Crippen LogP contribution < -0.4 is 9.62 Å². The van der Waals surface area contributed by atoms with Crippen LogP contribution in [0.15, 0.2) is 36.4 Å². The number of rotatable bonds is 5. The molecule has 0 saturated heterocycles. The zero-order chi connectivity index (χ0) is 18.8. The number of benzene rings is 2. The van der Waals surface area contributed by atoms with Crippen LogP contribution in [-0.2, 0) is 14.8 Å². The van der Waals surface area contributed by atoms with Gasteiger partial charge in [-0.05, 0) is 44.0 Å². The van der Waals surface area contributed by atoms with E-state index in [-0.39, 0.29) is 5.69 Å². The quantitative estimate of drug-likeness (QED) is 0.886. The molecule has 0 heterocycles. The van der Waals surface area contributed by atoms with Crippen molar-refractivity contribution >= 4 is 27.3 Å². The molecule has 0 aromatic heterocycles. The molecule has 1 N–H and O–H groups in total. The summed E-state index contributed by atoms with van der Waals surface area (Å²) in [4.78, 5) is 12.4. The number of aryl methyl sites for hydroxylation is 3. The topological polar surface area (TPSA) is 66.5 Å². The van der Waals surface area contributed by atoms with E-state index in [1.807, 2.05) is 32.9 Å². The van der Waals surface area contributed by atoms with Crippen molar-refractivity contribution in [3.63, 3.8) is 0 Å². The van der Waals surface area contributed by atoms with E-state index in [0.29, 0.717) is 5.69 Å². The maximum atomic E-state index is 14.0. The summed E-state index contributed by atoms with van der Waals surface area (Å²) in [5, 5.41) is 2.73. The van der Waals surface area contributed by atoms with Gasteiger partial charge in [0.15, 0.2) is 0 Å². The Morgan fingerprint density at radius 2 is 1.68 bits per heavy atom. The van der Waals surface area contributed by atoms with Crippen LogP contribution in [0, 0.1) is 26.6 Å². The highest BCUT2D eigenvalue weighted by Crippen LogP contribution is 2.24. The molecule has 0 aliphatic carbocycles. The van der Waals surface area contributed by atoms with Crippen LogP contribution in [0.25, 0.3) is 0 Å². The second-order valence-corrected chi connectivity index (χ2v) is 7.95. The van der Waals surface area contributed by atoms with E-state index in [0.717, 1.165) is 33.3 Å². The molecule has 134 valence electrons. The van der Waals surface area contributed by atoms with Crippen LogP contribution in [0.3, 0.4) is 0 Å². The molecular formula is C18H21FN2O3S. The van der Waals surface area contributed by atoms with Gasteiger partial charge in [0, 0.05) is 5.69 Å². The first-order valence-corrected chi connectivity index (χ1v) is 9.54. The van der Waals surface area contributed by atoms with Gasteiger partial charge in [0.05, 0.1) is 11.9 Å². The van der Waals surface area contributed by atoms with Gasteiger partial charge in [-0.2, -0.15) is 0 Å². The zero-order valence-corrected chi connectivity index (χ0v) is 15.4. The molecular weight excluding hydrogens is 343 g/mol. The highest BCUT2D eigenvalue weighted by atomic mass is 32.2. The van der Waals surface area contributed by atoms with Gasteiger partial charge in [-0.3, -0.25) is 9.10 Å². The molecule has 0 fully saturated rings. The molecule has 0 aliphatic rings. The van der Waals surface area contributed by atoms with E-state index < -0.39 is 28.3 Å². The summed E-state index contributed by atoms with van der Waals surface area (Å²) in [6.07, 6.45) is 0.940. The molecule has 2 aromatic carbocycles. The Hall–Kier alpha value is -2.41. The molecule has 0 aliphatic heterocycles. The average Bonchev–Trinajstić information content (AvgIpc) is 2.48. The third-order valence-electron chi connectivity index (χ3n) is 3.75. The van der Waals surface area contributed by atoms with Gasteiger partial charge < -0.3 is 5.32 Å². The highest BCUT2D eigenvalue weighted by Gasteiger charge is 2.23. The first-order valence-electron chi connectivity index (χ1n) is 7.69. The summed E-state index contributed by atoms with van der Waals surface area (Å²) >= 11 is 0. The number of sulfonamides is 1. The highest BCUT2D eigenvalue weighted by molar-refractivity contribution is 7.92. The van der Waals surface area contributed by atoms with Gasteiger partial charge in [0.2, 0.25) is 15.9 Å². The summed E-state index contributed by atoms with van der Waals surface area (Å²) in [5.41, 5.74) is 3.30. The van der Waals surface area contributed by atoms with Crippen molar-refractivity contribution < 1.29 is 17.6 Å². The number of halogens is 1. The number of nitrogens with one attached hydrogen (secondary N) is 1. The van der Waals surface area contributed by atoms with Crippen molar-refractivity contribution in [3.05, 3.63) is 58.9 Å². The van der Waals surface area contributed by atoms with Crippen LogP contribution in [0.2, 0.25) is 0 Å². The monoisotopic (exact) mass is 364 g/mol. The number of nitrogens with zero attached hydrogens (tertiary/aromatic N) is 1. The minimum Gasteiger partial charge on any atom is -0.324 e. The maximum Gasteiger partial charge on any atom is 0.245 e.